The number of nitrogens with zero attached hydrogens (tertiary/aromatic N) is 3. The van der Waals surface area contributed by atoms with E-state index in [9.17, 15) is 18.0 Å². The minimum Gasteiger partial charge on any atom is -0.396 e. The monoisotopic (exact) mass is 291 g/mol. The molecule has 20 heavy (non-hydrogen) atoms. The summed E-state index contributed by atoms with van der Waals surface area (Å²) in [5.74, 6) is -0.228. The van der Waals surface area contributed by atoms with Crippen molar-refractivity contribution in [2.45, 2.75) is 32.0 Å². The van der Waals surface area contributed by atoms with Gasteiger partial charge in [-0.3, -0.25) is 9.48 Å². The average molecular weight is 291 g/mol. The molecule has 1 aromatic rings. The van der Waals surface area contributed by atoms with Crippen molar-refractivity contribution in [1.29, 1.82) is 0 Å². The van der Waals surface area contributed by atoms with Crippen molar-refractivity contribution >= 4 is 5.91 Å². The second-order valence-electron chi connectivity index (χ2n) is 4.76. The first kappa shape index (κ1) is 14.8. The van der Waals surface area contributed by atoms with Crippen molar-refractivity contribution < 1.29 is 23.1 Å². The Kier molecular flexibility index (Phi) is 4.32. The molecule has 5 nitrogen and oxygen atoms in total. The van der Waals surface area contributed by atoms with Gasteiger partial charge in [0.05, 0.1) is 0 Å². The number of aromatic nitrogens is 2. The topological polar surface area (TPSA) is 58.4 Å². The van der Waals surface area contributed by atoms with Crippen LogP contribution in [-0.4, -0.2) is 45.4 Å². The molecule has 1 fully saturated rings. The third-order valence-electron chi connectivity index (χ3n) is 3.24. The van der Waals surface area contributed by atoms with Gasteiger partial charge in [-0.15, -0.1) is 0 Å². The summed E-state index contributed by atoms with van der Waals surface area (Å²) in [5, 5.41) is 12.2. The number of alkyl halides is 3. The molecule has 0 spiro atoms. The highest BCUT2D eigenvalue weighted by atomic mass is 19.4. The zero-order valence-corrected chi connectivity index (χ0v) is 10.9. The lowest BCUT2D eigenvalue weighted by Crippen LogP contribution is -2.31. The van der Waals surface area contributed by atoms with E-state index in [1.807, 2.05) is 0 Å². The second-order valence-corrected chi connectivity index (χ2v) is 4.76. The minimum absolute atomic E-state index is 0.0887. The molecular weight excluding hydrogens is 275 g/mol. The van der Waals surface area contributed by atoms with E-state index < -0.39 is 18.5 Å². The minimum atomic E-state index is -4.58. The van der Waals surface area contributed by atoms with Gasteiger partial charge in [0.2, 0.25) is 5.91 Å². The highest BCUT2D eigenvalue weighted by Crippen LogP contribution is 2.30. The van der Waals surface area contributed by atoms with E-state index in [1.54, 1.807) is 4.90 Å². The molecule has 0 atom stereocenters. The predicted octanol–water partition coefficient (Wildman–Crippen LogP) is 1.06. The van der Waals surface area contributed by atoms with Crippen molar-refractivity contribution in [3.05, 3.63) is 17.5 Å². The number of amides is 1. The van der Waals surface area contributed by atoms with Crippen LogP contribution in [0.4, 0.5) is 13.2 Å². The lowest BCUT2D eigenvalue weighted by atomic mass is 10.2. The van der Waals surface area contributed by atoms with Gasteiger partial charge in [0.15, 0.2) is 5.69 Å². The van der Waals surface area contributed by atoms with E-state index in [0.717, 1.165) is 17.5 Å². The number of likely N-dealkylation sites (tertiary alicyclic amines) is 1. The molecule has 1 aliphatic heterocycles. The molecule has 2 rings (SSSR count). The molecule has 0 saturated carbocycles. The summed E-state index contributed by atoms with van der Waals surface area (Å²) in [5.41, 5.74) is -1.12. The summed E-state index contributed by atoms with van der Waals surface area (Å²) >= 11 is 0. The van der Waals surface area contributed by atoms with Crippen LogP contribution in [0, 0.1) is 0 Å². The first-order chi connectivity index (χ1) is 9.41. The zero-order chi connectivity index (χ0) is 14.8. The number of aliphatic hydroxyl groups is 1. The van der Waals surface area contributed by atoms with Crippen molar-refractivity contribution in [2.24, 2.45) is 0 Å². The first-order valence-corrected chi connectivity index (χ1v) is 6.44. The van der Waals surface area contributed by atoms with Crippen molar-refractivity contribution in [3.8, 4) is 0 Å². The molecule has 0 aromatic carbocycles. The Morgan fingerprint density at radius 3 is 2.55 bits per heavy atom. The van der Waals surface area contributed by atoms with Gasteiger partial charge in [0.25, 0.3) is 0 Å². The van der Waals surface area contributed by atoms with E-state index in [-0.39, 0.29) is 24.4 Å². The van der Waals surface area contributed by atoms with E-state index in [0.29, 0.717) is 13.1 Å². The smallest absolute Gasteiger partial charge is 0.396 e. The van der Waals surface area contributed by atoms with Gasteiger partial charge in [-0.1, -0.05) is 0 Å². The number of carbonyl (C=O) groups is 1. The summed E-state index contributed by atoms with van der Waals surface area (Å²) in [6.45, 7) is 0.703. The van der Waals surface area contributed by atoms with Gasteiger partial charge in [-0.05, 0) is 19.3 Å². The Hall–Kier alpha value is -1.57. The number of halogens is 3. The van der Waals surface area contributed by atoms with Crippen LogP contribution in [0.2, 0.25) is 0 Å². The van der Waals surface area contributed by atoms with Crippen LogP contribution in [-0.2, 0) is 23.9 Å². The Balaban J connectivity index is 2.13. The molecule has 2 heterocycles. The fourth-order valence-electron chi connectivity index (χ4n) is 2.29. The molecule has 112 valence electrons. The van der Waals surface area contributed by atoms with Crippen LogP contribution in [0.5, 0.6) is 0 Å². The molecule has 8 heteroatoms. The summed E-state index contributed by atoms with van der Waals surface area (Å²) < 4.78 is 39.3. The van der Waals surface area contributed by atoms with Crippen LogP contribution in [0.3, 0.4) is 0 Å². The van der Waals surface area contributed by atoms with Crippen molar-refractivity contribution in [3.63, 3.8) is 0 Å². The third kappa shape index (κ3) is 3.30. The van der Waals surface area contributed by atoms with Gasteiger partial charge in [-0.2, -0.15) is 18.3 Å². The van der Waals surface area contributed by atoms with E-state index >= 15 is 0 Å². The molecule has 0 unspecified atom stereocenters. The van der Waals surface area contributed by atoms with Gasteiger partial charge < -0.3 is 10.0 Å². The van der Waals surface area contributed by atoms with Crippen LogP contribution in [0.25, 0.3) is 0 Å². The standard InChI is InChI=1S/C12H16F3N3O2/c13-12(14,15)11-9(3-6-19)7-18(16-11)8-10(20)17-4-1-2-5-17/h7,19H,1-6,8H2. The Bertz CT molecular complexity index is 479. The normalized spacial score (nSPS) is 15.9. The van der Waals surface area contributed by atoms with Gasteiger partial charge in [0, 0.05) is 31.5 Å². The summed E-state index contributed by atoms with van der Waals surface area (Å²) in [7, 11) is 0. The molecule has 1 aliphatic rings. The van der Waals surface area contributed by atoms with Crippen molar-refractivity contribution in [1.82, 2.24) is 14.7 Å². The quantitative estimate of drug-likeness (QED) is 0.902. The molecule has 1 saturated heterocycles. The van der Waals surface area contributed by atoms with Crippen LogP contribution in [0.15, 0.2) is 6.20 Å². The highest BCUT2D eigenvalue weighted by Gasteiger charge is 2.37. The maximum Gasteiger partial charge on any atom is 0.435 e. The van der Waals surface area contributed by atoms with Crippen molar-refractivity contribution in [2.75, 3.05) is 19.7 Å². The molecule has 1 amide bonds. The fraction of sp³-hybridized carbons (Fsp3) is 0.667. The van der Waals surface area contributed by atoms with E-state index in [4.69, 9.17) is 5.11 Å². The molecular formula is C12H16F3N3O2. The Morgan fingerprint density at radius 1 is 1.35 bits per heavy atom. The SMILES string of the molecule is O=C(Cn1cc(CCO)c(C(F)(F)F)n1)N1CCCC1. The number of carbonyl (C=O) groups excluding carboxylic acids is 1. The van der Waals surface area contributed by atoms with Gasteiger partial charge >= 0.3 is 6.18 Å². The highest BCUT2D eigenvalue weighted by molar-refractivity contribution is 5.76. The maximum atomic E-state index is 12.8. The predicted molar refractivity (Wildman–Crippen MR) is 63.8 cm³/mol. The fourth-order valence-corrected chi connectivity index (χ4v) is 2.29. The zero-order valence-electron chi connectivity index (χ0n) is 10.9. The van der Waals surface area contributed by atoms with E-state index in [2.05, 4.69) is 5.10 Å². The number of hydrogen-bond donors (Lipinski definition) is 1. The summed E-state index contributed by atoms with van der Waals surface area (Å²) in [6.07, 6.45) is -1.67. The summed E-state index contributed by atoms with van der Waals surface area (Å²) in [6, 6.07) is 0. The summed E-state index contributed by atoms with van der Waals surface area (Å²) in [4.78, 5) is 13.5. The number of hydrogen-bond acceptors (Lipinski definition) is 3. The molecule has 1 N–H and O–H groups in total. The third-order valence-corrected chi connectivity index (χ3v) is 3.24. The first-order valence-electron chi connectivity index (χ1n) is 6.44. The van der Waals surface area contributed by atoms with Gasteiger partial charge in [0.1, 0.15) is 6.54 Å². The second kappa shape index (κ2) is 5.82. The Labute approximate surface area is 114 Å². The van der Waals surface area contributed by atoms with Gasteiger partial charge in [-0.25, -0.2) is 0 Å². The Morgan fingerprint density at radius 2 is 2.00 bits per heavy atom. The molecule has 1 aromatic heterocycles. The molecule has 0 bridgehead atoms. The number of rotatable bonds is 4. The largest absolute Gasteiger partial charge is 0.435 e. The lowest BCUT2D eigenvalue weighted by Gasteiger charge is -2.14. The average Bonchev–Trinajstić information content (AvgIpc) is 2.97. The molecule has 0 aliphatic carbocycles. The van der Waals surface area contributed by atoms with Crippen LogP contribution >= 0.6 is 0 Å². The molecule has 0 radical (unpaired) electrons. The van der Waals surface area contributed by atoms with Crippen LogP contribution in [0.1, 0.15) is 24.1 Å². The number of aliphatic hydroxyl groups excluding tert-OH is 1. The van der Waals surface area contributed by atoms with E-state index in [1.165, 1.54) is 6.20 Å². The van der Waals surface area contributed by atoms with Crippen LogP contribution < -0.4 is 0 Å². The lowest BCUT2D eigenvalue weighted by molar-refractivity contribution is -0.142. The maximum absolute atomic E-state index is 12.8.